The van der Waals surface area contributed by atoms with Crippen molar-refractivity contribution >= 4 is 5.91 Å². The van der Waals surface area contributed by atoms with E-state index in [9.17, 15) is 4.79 Å². The summed E-state index contributed by atoms with van der Waals surface area (Å²) in [5.74, 6) is -0.0829. The molecule has 1 fully saturated rings. The molecule has 0 spiro atoms. The van der Waals surface area contributed by atoms with Gasteiger partial charge in [-0.15, -0.1) is 0 Å². The number of carbonyl (C=O) groups is 1. The Balaban J connectivity index is 1.98. The third kappa shape index (κ3) is 4.92. The number of carbonyl (C=O) groups excluding carboxylic acids is 1. The van der Waals surface area contributed by atoms with Crippen LogP contribution in [-0.2, 0) is 14.3 Å². The average Bonchev–Trinajstić information content (AvgIpc) is 2.18. The molecule has 5 nitrogen and oxygen atoms in total. The number of amides is 1. The van der Waals surface area contributed by atoms with Crippen LogP contribution in [0.1, 0.15) is 20.8 Å². The van der Waals surface area contributed by atoms with E-state index in [-0.39, 0.29) is 24.2 Å². The number of hydrogen-bond donors (Lipinski definition) is 2. The molecule has 1 rings (SSSR count). The Morgan fingerprint density at radius 3 is 2.69 bits per heavy atom. The molecule has 0 unspecified atom stereocenters. The zero-order valence-electron chi connectivity index (χ0n) is 10.3. The van der Waals surface area contributed by atoms with Gasteiger partial charge >= 0.3 is 0 Å². The lowest BCUT2D eigenvalue weighted by Gasteiger charge is -2.38. The second-order valence-electron chi connectivity index (χ2n) is 4.61. The smallest absolute Gasteiger partial charge is 0.246 e. The van der Waals surface area contributed by atoms with Gasteiger partial charge in [-0.25, -0.2) is 0 Å². The van der Waals surface area contributed by atoms with E-state index in [1.54, 1.807) is 0 Å². The monoisotopic (exact) mass is 230 g/mol. The highest BCUT2D eigenvalue weighted by atomic mass is 16.5. The summed E-state index contributed by atoms with van der Waals surface area (Å²) in [5.41, 5.74) is -0.161. The molecule has 16 heavy (non-hydrogen) atoms. The highest BCUT2D eigenvalue weighted by Crippen LogP contribution is 2.14. The number of nitrogens with one attached hydrogen (secondary N) is 2. The number of rotatable bonds is 7. The Bertz CT molecular complexity index is 227. The fourth-order valence-electron chi connectivity index (χ4n) is 1.36. The molecule has 1 saturated heterocycles. The molecule has 0 aliphatic carbocycles. The van der Waals surface area contributed by atoms with Crippen LogP contribution in [0.25, 0.3) is 0 Å². The maximum Gasteiger partial charge on any atom is 0.246 e. The highest BCUT2D eigenvalue weighted by molar-refractivity contribution is 5.77. The molecular formula is C11H22N2O3. The van der Waals surface area contributed by atoms with Crippen molar-refractivity contribution in [3.05, 3.63) is 0 Å². The Morgan fingerprint density at radius 1 is 1.50 bits per heavy atom. The van der Waals surface area contributed by atoms with E-state index in [1.165, 1.54) is 0 Å². The third-order valence-electron chi connectivity index (χ3n) is 2.43. The van der Waals surface area contributed by atoms with Gasteiger partial charge in [-0.1, -0.05) is 0 Å². The third-order valence-corrected chi connectivity index (χ3v) is 2.43. The summed E-state index contributed by atoms with van der Waals surface area (Å²) in [6.45, 7) is 8.77. The molecule has 5 heteroatoms. The van der Waals surface area contributed by atoms with E-state index in [4.69, 9.17) is 9.47 Å². The molecule has 0 saturated carbocycles. The predicted octanol–water partition coefficient (Wildman–Crippen LogP) is -0.0939. The van der Waals surface area contributed by atoms with Crippen molar-refractivity contribution in [3.63, 3.8) is 0 Å². The van der Waals surface area contributed by atoms with E-state index in [2.05, 4.69) is 10.6 Å². The standard InChI is InChI=1S/C11H22N2O3/c1-9(2)15-5-4-13-10(14)6-16-11(3)7-12-8-11/h9,12H,4-8H2,1-3H3,(H,13,14). The first-order chi connectivity index (χ1) is 7.52. The van der Waals surface area contributed by atoms with Crippen LogP contribution in [-0.4, -0.2) is 50.5 Å². The lowest BCUT2D eigenvalue weighted by Crippen LogP contribution is -2.59. The average molecular weight is 230 g/mol. The van der Waals surface area contributed by atoms with Crippen LogP contribution in [0, 0.1) is 0 Å². The first-order valence-corrected chi connectivity index (χ1v) is 5.75. The quantitative estimate of drug-likeness (QED) is 0.600. The topological polar surface area (TPSA) is 59.6 Å². The first kappa shape index (κ1) is 13.4. The summed E-state index contributed by atoms with van der Waals surface area (Å²) >= 11 is 0. The van der Waals surface area contributed by atoms with Crippen molar-refractivity contribution < 1.29 is 14.3 Å². The Kier molecular flexibility index (Phi) is 5.18. The highest BCUT2D eigenvalue weighted by Gasteiger charge is 2.32. The van der Waals surface area contributed by atoms with Gasteiger partial charge in [-0.3, -0.25) is 4.79 Å². The minimum absolute atomic E-state index is 0.0829. The minimum Gasteiger partial charge on any atom is -0.377 e. The molecule has 0 aromatic carbocycles. The van der Waals surface area contributed by atoms with Crippen molar-refractivity contribution in [3.8, 4) is 0 Å². The Hall–Kier alpha value is -0.650. The number of hydrogen-bond acceptors (Lipinski definition) is 4. The van der Waals surface area contributed by atoms with Crippen LogP contribution in [0.2, 0.25) is 0 Å². The maximum atomic E-state index is 11.4. The molecule has 1 aliphatic heterocycles. The van der Waals surface area contributed by atoms with E-state index < -0.39 is 0 Å². The van der Waals surface area contributed by atoms with E-state index in [0.717, 1.165) is 13.1 Å². The van der Waals surface area contributed by atoms with Gasteiger partial charge in [0.1, 0.15) is 6.61 Å². The van der Waals surface area contributed by atoms with Crippen LogP contribution in [0.4, 0.5) is 0 Å². The molecule has 0 aromatic heterocycles. The zero-order chi connectivity index (χ0) is 12.0. The summed E-state index contributed by atoms with van der Waals surface area (Å²) in [5, 5.41) is 5.86. The lowest BCUT2D eigenvalue weighted by molar-refractivity contribution is -0.136. The molecule has 94 valence electrons. The predicted molar refractivity (Wildman–Crippen MR) is 61.3 cm³/mol. The molecular weight excluding hydrogens is 208 g/mol. The van der Waals surface area contributed by atoms with Crippen molar-refractivity contribution in [1.29, 1.82) is 0 Å². The summed E-state index contributed by atoms with van der Waals surface area (Å²) in [7, 11) is 0. The van der Waals surface area contributed by atoms with E-state index in [1.807, 2.05) is 20.8 Å². The Labute approximate surface area is 96.9 Å². The lowest BCUT2D eigenvalue weighted by atomic mass is 10.0. The van der Waals surface area contributed by atoms with E-state index in [0.29, 0.717) is 13.2 Å². The van der Waals surface area contributed by atoms with Gasteiger partial charge in [0.25, 0.3) is 0 Å². The van der Waals surface area contributed by atoms with Crippen molar-refractivity contribution in [2.45, 2.75) is 32.5 Å². The summed E-state index contributed by atoms with van der Waals surface area (Å²) in [6.07, 6.45) is 0.202. The second-order valence-corrected chi connectivity index (χ2v) is 4.61. The molecule has 0 aromatic rings. The molecule has 1 amide bonds. The van der Waals surface area contributed by atoms with Gasteiger partial charge < -0.3 is 20.1 Å². The molecule has 1 heterocycles. The van der Waals surface area contributed by atoms with Gasteiger partial charge in [-0.05, 0) is 20.8 Å². The van der Waals surface area contributed by atoms with Crippen LogP contribution in [0.15, 0.2) is 0 Å². The molecule has 0 radical (unpaired) electrons. The van der Waals surface area contributed by atoms with Gasteiger partial charge in [0.2, 0.25) is 5.91 Å². The van der Waals surface area contributed by atoms with Crippen molar-refractivity contribution in [1.82, 2.24) is 10.6 Å². The van der Waals surface area contributed by atoms with Crippen LogP contribution in [0.5, 0.6) is 0 Å². The van der Waals surface area contributed by atoms with Crippen molar-refractivity contribution in [2.24, 2.45) is 0 Å². The Morgan fingerprint density at radius 2 is 2.19 bits per heavy atom. The molecule has 0 bridgehead atoms. The molecule has 0 atom stereocenters. The van der Waals surface area contributed by atoms with Crippen LogP contribution >= 0.6 is 0 Å². The second kappa shape index (κ2) is 6.18. The van der Waals surface area contributed by atoms with Gasteiger partial charge in [0.05, 0.1) is 18.3 Å². The van der Waals surface area contributed by atoms with E-state index >= 15 is 0 Å². The van der Waals surface area contributed by atoms with Gasteiger partial charge in [0.15, 0.2) is 0 Å². The molecule has 2 N–H and O–H groups in total. The summed E-state index contributed by atoms with van der Waals surface area (Å²) < 4.78 is 10.8. The number of ether oxygens (including phenoxy) is 2. The SMILES string of the molecule is CC(C)OCCNC(=O)COC1(C)CNC1. The fourth-order valence-corrected chi connectivity index (χ4v) is 1.36. The molecule has 1 aliphatic rings. The minimum atomic E-state index is -0.161. The summed E-state index contributed by atoms with van der Waals surface area (Å²) in [6, 6.07) is 0. The van der Waals surface area contributed by atoms with Crippen LogP contribution in [0.3, 0.4) is 0 Å². The maximum absolute atomic E-state index is 11.4. The van der Waals surface area contributed by atoms with Gasteiger partial charge in [0, 0.05) is 19.6 Å². The fraction of sp³-hybridized carbons (Fsp3) is 0.909. The van der Waals surface area contributed by atoms with Gasteiger partial charge in [-0.2, -0.15) is 0 Å². The largest absolute Gasteiger partial charge is 0.377 e. The normalized spacial score (nSPS) is 18.2. The van der Waals surface area contributed by atoms with Crippen LogP contribution < -0.4 is 10.6 Å². The van der Waals surface area contributed by atoms with Crippen molar-refractivity contribution in [2.75, 3.05) is 32.8 Å². The first-order valence-electron chi connectivity index (χ1n) is 5.75. The zero-order valence-corrected chi connectivity index (χ0v) is 10.3. The summed E-state index contributed by atoms with van der Waals surface area (Å²) in [4.78, 5) is 11.4.